The van der Waals surface area contributed by atoms with Crippen molar-refractivity contribution in [3.63, 3.8) is 0 Å². The average Bonchev–Trinajstić information content (AvgIpc) is 3.57. The smallest absolute Gasteiger partial charge is 0.197 e. The van der Waals surface area contributed by atoms with Crippen LogP contribution in [-0.2, 0) is 26.9 Å². The van der Waals surface area contributed by atoms with Gasteiger partial charge in [0.25, 0.3) is 0 Å². The first-order valence-electron chi connectivity index (χ1n) is 19.6. The van der Waals surface area contributed by atoms with Crippen LogP contribution >= 0.6 is 0 Å². The molecule has 6 heteroatoms. The molecule has 9 aromatic rings. The molecule has 0 bridgehead atoms. The summed E-state index contributed by atoms with van der Waals surface area (Å²) in [5.74, 6) is 0. The Morgan fingerprint density at radius 2 is 0.804 bits per heavy atom. The molecule has 5 aromatic carbocycles. The molecule has 9 rings (SSSR count). The van der Waals surface area contributed by atoms with Gasteiger partial charge in [-0.15, -0.1) is 0 Å². The number of nitrogens with zero attached hydrogens (tertiary/aromatic N) is 4. The van der Waals surface area contributed by atoms with E-state index in [4.69, 9.17) is 0 Å². The van der Waals surface area contributed by atoms with Crippen molar-refractivity contribution in [2.24, 2.45) is 14.1 Å². The molecule has 0 N–H and O–H groups in total. The first-order chi connectivity index (χ1) is 27.0. The second-order valence-electron chi connectivity index (χ2n) is 15.3. The third-order valence-corrected chi connectivity index (χ3v) is 12.5. The highest BCUT2D eigenvalue weighted by Gasteiger charge is 2.22. The zero-order valence-electron chi connectivity index (χ0n) is 33.4. The van der Waals surface area contributed by atoms with Crippen LogP contribution in [0.4, 0.5) is 0 Å². The van der Waals surface area contributed by atoms with Crippen molar-refractivity contribution in [1.29, 1.82) is 0 Å². The summed E-state index contributed by atoms with van der Waals surface area (Å²) in [6.07, 6.45) is 1.89. The minimum absolute atomic E-state index is 0.0611. The second kappa shape index (κ2) is 13.1. The topological polar surface area (TPSA) is 53.9 Å². The van der Waals surface area contributed by atoms with Gasteiger partial charge in [-0.25, -0.2) is 0 Å². The van der Waals surface area contributed by atoms with Crippen LogP contribution < -0.4 is 10.9 Å². The van der Waals surface area contributed by atoms with Gasteiger partial charge in [0.15, 0.2) is 10.9 Å². The predicted molar refractivity (Wildman–Crippen MR) is 234 cm³/mol. The Labute approximate surface area is 326 Å². The van der Waals surface area contributed by atoms with E-state index in [1.807, 2.05) is 48.5 Å². The van der Waals surface area contributed by atoms with Gasteiger partial charge in [-0.1, -0.05) is 62.4 Å². The van der Waals surface area contributed by atoms with E-state index in [2.05, 4.69) is 135 Å². The molecule has 0 aliphatic carbocycles. The molecule has 0 fully saturated rings. The van der Waals surface area contributed by atoms with Gasteiger partial charge >= 0.3 is 0 Å². The monoisotopic (exact) mass is 734 g/mol. The summed E-state index contributed by atoms with van der Waals surface area (Å²) < 4.78 is 8.78. The van der Waals surface area contributed by atoms with Gasteiger partial charge in [0.2, 0.25) is 0 Å². The van der Waals surface area contributed by atoms with Crippen LogP contribution in [0.15, 0.2) is 119 Å². The summed E-state index contributed by atoms with van der Waals surface area (Å²) in [6.45, 7) is 13.1. The van der Waals surface area contributed by atoms with E-state index in [-0.39, 0.29) is 10.9 Å². The number of hydrogen-bond acceptors (Lipinski definition) is 2. The van der Waals surface area contributed by atoms with Crippen molar-refractivity contribution in [2.75, 3.05) is 0 Å². The SMILES string of the molecule is CCc1c(C)c(-c2ccc3c(c2)c(=O)c2cc4c(cc2n3-c2ccccc2)c(=O)c2cc(-c3c(C)c(CC)c(C)n3C)ccc2n4-c2ccccc2)n(C)c1C. The van der Waals surface area contributed by atoms with Crippen LogP contribution in [0, 0.1) is 27.7 Å². The maximum absolute atomic E-state index is 15.0. The van der Waals surface area contributed by atoms with E-state index >= 15 is 9.59 Å². The van der Waals surface area contributed by atoms with Crippen molar-refractivity contribution in [3.05, 3.63) is 163 Å². The average molecular weight is 735 g/mol. The predicted octanol–water partition coefficient (Wildman–Crippen LogP) is 11.0. The molecule has 6 nitrogen and oxygen atoms in total. The van der Waals surface area contributed by atoms with E-state index < -0.39 is 0 Å². The summed E-state index contributed by atoms with van der Waals surface area (Å²) in [7, 11) is 4.22. The fraction of sp³-hybridized carbons (Fsp3) is 0.200. The lowest BCUT2D eigenvalue weighted by Crippen LogP contribution is -2.15. The Bertz CT molecular complexity index is 2980. The highest BCUT2D eigenvalue weighted by atomic mass is 16.1. The molecule has 0 saturated carbocycles. The summed E-state index contributed by atoms with van der Waals surface area (Å²) in [4.78, 5) is 30.0. The van der Waals surface area contributed by atoms with Gasteiger partial charge in [-0.05, 0) is 135 Å². The molecule has 0 unspecified atom stereocenters. The van der Waals surface area contributed by atoms with Crippen LogP contribution in [0.25, 0.3) is 77.5 Å². The molecular weight excluding hydrogens is 689 g/mol. The van der Waals surface area contributed by atoms with Gasteiger partial charge in [0.1, 0.15) is 0 Å². The molecule has 4 aromatic heterocycles. The third kappa shape index (κ3) is 5.01. The van der Waals surface area contributed by atoms with E-state index in [9.17, 15) is 0 Å². The molecule has 0 spiro atoms. The first kappa shape index (κ1) is 35.3. The minimum atomic E-state index is -0.0611. The van der Waals surface area contributed by atoms with Crippen LogP contribution in [-0.4, -0.2) is 18.3 Å². The standard InChI is InChI=1S/C50H46N4O2/c1-9-37-29(3)47(51(7)31(37)5)33-21-23-43-39(25-33)49(55)41-27-46-42(28-45(41)53(43)35-17-13-11-14-18-35)50(56)40-26-34(48-30(4)38(10-2)32(6)52(48)8)22-24-44(40)54(46)36-19-15-12-16-20-36/h11-28H,9-10H2,1-8H3. The fourth-order valence-electron chi connectivity index (χ4n) is 9.63. The molecule has 0 saturated heterocycles. The highest BCUT2D eigenvalue weighted by molar-refractivity contribution is 6.06. The number of aromatic nitrogens is 4. The van der Waals surface area contributed by atoms with Gasteiger partial charge in [0.05, 0.1) is 33.5 Å². The van der Waals surface area contributed by atoms with Gasteiger partial charge in [-0.3, -0.25) is 9.59 Å². The molecule has 56 heavy (non-hydrogen) atoms. The van der Waals surface area contributed by atoms with Gasteiger partial charge in [-0.2, -0.15) is 0 Å². The van der Waals surface area contributed by atoms with Crippen LogP contribution in [0.5, 0.6) is 0 Å². The van der Waals surface area contributed by atoms with E-state index in [1.165, 1.54) is 33.6 Å². The Balaban J connectivity index is 1.42. The fourth-order valence-corrected chi connectivity index (χ4v) is 9.63. The Morgan fingerprint density at radius 1 is 0.446 bits per heavy atom. The highest BCUT2D eigenvalue weighted by Crippen LogP contribution is 2.37. The largest absolute Gasteiger partial charge is 0.347 e. The Kier molecular flexibility index (Phi) is 8.28. The number of hydrogen-bond donors (Lipinski definition) is 0. The van der Waals surface area contributed by atoms with Crippen LogP contribution in [0.1, 0.15) is 47.5 Å². The maximum Gasteiger partial charge on any atom is 0.197 e. The number of para-hydroxylation sites is 2. The summed E-state index contributed by atoms with van der Waals surface area (Å²) >= 11 is 0. The molecule has 278 valence electrons. The van der Waals surface area contributed by atoms with Crippen molar-refractivity contribution < 1.29 is 0 Å². The van der Waals surface area contributed by atoms with E-state index in [0.717, 1.165) is 57.8 Å². The Hall–Kier alpha value is -6.40. The lowest BCUT2D eigenvalue weighted by atomic mass is 9.98. The van der Waals surface area contributed by atoms with Gasteiger partial charge in [0, 0.05) is 58.4 Å². The summed E-state index contributed by atoms with van der Waals surface area (Å²) in [6, 6.07) is 36.7. The zero-order valence-corrected chi connectivity index (χ0v) is 33.4. The zero-order chi connectivity index (χ0) is 39.2. The number of fused-ring (bicyclic) bond motifs is 4. The lowest BCUT2D eigenvalue weighted by molar-refractivity contribution is 0.877. The maximum atomic E-state index is 15.0. The lowest BCUT2D eigenvalue weighted by Gasteiger charge is -2.20. The van der Waals surface area contributed by atoms with Crippen LogP contribution in [0.3, 0.4) is 0 Å². The first-order valence-corrected chi connectivity index (χ1v) is 19.6. The molecule has 0 radical (unpaired) electrons. The van der Waals surface area contributed by atoms with Crippen molar-refractivity contribution in [1.82, 2.24) is 18.3 Å². The van der Waals surface area contributed by atoms with Crippen molar-refractivity contribution >= 4 is 43.6 Å². The van der Waals surface area contributed by atoms with Crippen molar-refractivity contribution in [2.45, 2.75) is 54.4 Å². The number of rotatable bonds is 6. The summed E-state index contributed by atoms with van der Waals surface area (Å²) in [5.41, 5.74) is 16.6. The third-order valence-electron chi connectivity index (χ3n) is 12.5. The van der Waals surface area contributed by atoms with E-state index in [0.29, 0.717) is 32.6 Å². The number of benzene rings is 5. The molecule has 0 aliphatic heterocycles. The molecule has 0 aliphatic rings. The second-order valence-corrected chi connectivity index (χ2v) is 15.3. The van der Waals surface area contributed by atoms with Gasteiger partial charge < -0.3 is 18.3 Å². The normalized spacial score (nSPS) is 11.9. The molecular formula is C50H46N4O2. The van der Waals surface area contributed by atoms with Crippen LogP contribution in [0.2, 0.25) is 0 Å². The Morgan fingerprint density at radius 3 is 1.14 bits per heavy atom. The van der Waals surface area contributed by atoms with Crippen molar-refractivity contribution in [3.8, 4) is 33.9 Å². The number of pyridine rings is 2. The van der Waals surface area contributed by atoms with E-state index in [1.54, 1.807) is 0 Å². The molecule has 4 heterocycles. The molecule has 0 amide bonds. The summed E-state index contributed by atoms with van der Waals surface area (Å²) in [5, 5.41) is 2.38. The molecule has 0 atom stereocenters. The quantitative estimate of drug-likeness (QED) is 0.160. The minimum Gasteiger partial charge on any atom is -0.347 e.